The van der Waals surface area contributed by atoms with Crippen LogP contribution in [-0.4, -0.2) is 38.5 Å². The molecule has 9 nitrogen and oxygen atoms in total. The van der Waals surface area contributed by atoms with Crippen molar-refractivity contribution in [3.63, 3.8) is 0 Å². The first-order chi connectivity index (χ1) is 21.3. The summed E-state index contributed by atoms with van der Waals surface area (Å²) in [7, 11) is -3.57. The lowest BCUT2D eigenvalue weighted by atomic mass is 10.0. The highest BCUT2D eigenvalue weighted by Crippen LogP contribution is 2.32. The summed E-state index contributed by atoms with van der Waals surface area (Å²) in [4.78, 5) is 29.7. The van der Waals surface area contributed by atoms with E-state index in [1.54, 1.807) is 24.0 Å². The molecule has 0 spiro atoms. The van der Waals surface area contributed by atoms with Gasteiger partial charge in [0.15, 0.2) is 11.5 Å². The van der Waals surface area contributed by atoms with Crippen LogP contribution in [0.5, 0.6) is 11.5 Å². The summed E-state index contributed by atoms with van der Waals surface area (Å²) in [6, 6.07) is 30.0. The third kappa shape index (κ3) is 7.64. The molecule has 2 N–H and O–H groups in total. The van der Waals surface area contributed by atoms with Gasteiger partial charge in [-0.3, -0.25) is 9.59 Å². The average Bonchev–Trinajstić information content (AvgIpc) is 3.52. The van der Waals surface area contributed by atoms with Crippen LogP contribution in [-0.2, 0) is 39.1 Å². The Morgan fingerprint density at radius 1 is 0.818 bits per heavy atom. The van der Waals surface area contributed by atoms with Crippen LogP contribution in [0.25, 0.3) is 0 Å². The minimum absolute atomic E-state index is 0.130. The van der Waals surface area contributed by atoms with Gasteiger partial charge in [0.25, 0.3) is 0 Å². The van der Waals surface area contributed by atoms with Gasteiger partial charge in [-0.25, -0.2) is 13.1 Å². The summed E-state index contributed by atoms with van der Waals surface area (Å²) in [6.07, 6.45) is 0.511. The summed E-state index contributed by atoms with van der Waals surface area (Å²) >= 11 is 0. The summed E-state index contributed by atoms with van der Waals surface area (Å²) in [5, 5.41) is 3.02. The van der Waals surface area contributed by atoms with E-state index in [0.29, 0.717) is 30.0 Å². The Balaban J connectivity index is 1.37. The number of nitrogens with one attached hydrogen (secondary N) is 2. The van der Waals surface area contributed by atoms with E-state index >= 15 is 0 Å². The smallest absolute Gasteiger partial charge is 0.247 e. The number of aryl methyl sites for hydroxylation is 1. The Morgan fingerprint density at radius 2 is 1.48 bits per heavy atom. The fourth-order valence-electron chi connectivity index (χ4n) is 5.05. The van der Waals surface area contributed by atoms with Gasteiger partial charge in [-0.05, 0) is 52.9 Å². The molecule has 0 saturated carbocycles. The van der Waals surface area contributed by atoms with Crippen molar-refractivity contribution in [2.75, 3.05) is 13.3 Å². The van der Waals surface area contributed by atoms with Crippen molar-refractivity contribution in [1.82, 2.24) is 14.9 Å². The molecule has 10 heteroatoms. The van der Waals surface area contributed by atoms with E-state index in [4.69, 9.17) is 9.47 Å². The summed E-state index contributed by atoms with van der Waals surface area (Å²) < 4.78 is 38.0. The molecule has 0 radical (unpaired) electrons. The number of amides is 2. The van der Waals surface area contributed by atoms with Gasteiger partial charge >= 0.3 is 0 Å². The second-order valence-electron chi connectivity index (χ2n) is 10.4. The number of benzene rings is 4. The standard InChI is InChI=1S/C34H35N3O6S/c1-2-36-44(40,41)29-17-13-25(14-18-29)16-20-32(38)37(23-26-9-5-3-6-10-26)33(28-11-7-4-8-12-28)34(39)35-22-27-15-19-30-31(21-27)43-24-42-30/h3-15,17-19,21,33,36H,2,16,20,22-24H2,1H3,(H,35,39)/t33-/m0/s1. The molecule has 1 heterocycles. The Labute approximate surface area is 257 Å². The lowest BCUT2D eigenvalue weighted by Gasteiger charge is -2.32. The summed E-state index contributed by atoms with van der Waals surface area (Å²) in [6.45, 7) is 2.66. The first-order valence-corrected chi connectivity index (χ1v) is 16.0. The van der Waals surface area contributed by atoms with Gasteiger partial charge in [0.05, 0.1) is 4.90 Å². The van der Waals surface area contributed by atoms with Gasteiger partial charge in [0.2, 0.25) is 28.6 Å². The normalized spacial score (nSPS) is 12.8. The van der Waals surface area contributed by atoms with E-state index in [9.17, 15) is 18.0 Å². The van der Waals surface area contributed by atoms with Gasteiger partial charge in [-0.1, -0.05) is 85.8 Å². The molecular formula is C34H35N3O6S. The fourth-order valence-corrected chi connectivity index (χ4v) is 6.09. The maximum Gasteiger partial charge on any atom is 0.247 e. The fraction of sp³-hybridized carbons (Fsp3) is 0.235. The van der Waals surface area contributed by atoms with E-state index in [1.807, 2.05) is 78.9 Å². The van der Waals surface area contributed by atoms with Crippen LogP contribution < -0.4 is 19.5 Å². The number of hydrogen-bond acceptors (Lipinski definition) is 6. The number of nitrogens with zero attached hydrogens (tertiary/aromatic N) is 1. The second kappa shape index (κ2) is 14.2. The minimum Gasteiger partial charge on any atom is -0.454 e. The average molecular weight is 614 g/mol. The first kappa shape index (κ1) is 30.8. The quantitative estimate of drug-likeness (QED) is 0.225. The van der Waals surface area contributed by atoms with Crippen molar-refractivity contribution in [1.29, 1.82) is 0 Å². The van der Waals surface area contributed by atoms with Crippen LogP contribution in [0, 0.1) is 0 Å². The van der Waals surface area contributed by atoms with Crippen LogP contribution in [0.1, 0.15) is 41.6 Å². The van der Waals surface area contributed by atoms with E-state index in [-0.39, 0.29) is 43.0 Å². The molecule has 1 atom stereocenters. The van der Waals surface area contributed by atoms with Crippen LogP contribution in [0.4, 0.5) is 0 Å². The largest absolute Gasteiger partial charge is 0.454 e. The molecular weight excluding hydrogens is 578 g/mol. The third-order valence-electron chi connectivity index (χ3n) is 7.29. The molecule has 1 aliphatic heterocycles. The number of fused-ring (bicyclic) bond motifs is 1. The van der Waals surface area contributed by atoms with Crippen LogP contribution in [0.3, 0.4) is 0 Å². The van der Waals surface area contributed by atoms with Crippen molar-refractivity contribution in [3.8, 4) is 11.5 Å². The van der Waals surface area contributed by atoms with Crippen molar-refractivity contribution in [2.45, 2.75) is 43.8 Å². The van der Waals surface area contributed by atoms with Gasteiger partial charge < -0.3 is 19.7 Å². The Hall–Kier alpha value is -4.67. The maximum atomic E-state index is 14.0. The third-order valence-corrected chi connectivity index (χ3v) is 8.85. The number of ether oxygens (including phenoxy) is 2. The Morgan fingerprint density at radius 3 is 2.18 bits per heavy atom. The molecule has 0 bridgehead atoms. The number of carbonyl (C=O) groups is 2. The monoisotopic (exact) mass is 613 g/mol. The topological polar surface area (TPSA) is 114 Å². The second-order valence-corrected chi connectivity index (χ2v) is 12.1. The molecule has 44 heavy (non-hydrogen) atoms. The number of hydrogen-bond donors (Lipinski definition) is 2. The van der Waals surface area contributed by atoms with Gasteiger partial charge in [-0.2, -0.15) is 0 Å². The SMILES string of the molecule is CCNS(=O)(=O)c1ccc(CCC(=O)N(Cc2ccccc2)[C@H](C(=O)NCc2ccc3c(c2)OCO3)c2ccccc2)cc1. The van der Waals surface area contributed by atoms with Gasteiger partial charge in [0, 0.05) is 26.1 Å². The lowest BCUT2D eigenvalue weighted by Crippen LogP contribution is -2.43. The predicted molar refractivity (Wildman–Crippen MR) is 166 cm³/mol. The summed E-state index contributed by atoms with van der Waals surface area (Å²) in [5.41, 5.74) is 3.24. The minimum atomic E-state index is -3.57. The molecule has 1 aliphatic rings. The highest BCUT2D eigenvalue weighted by Gasteiger charge is 2.31. The molecule has 5 rings (SSSR count). The van der Waals surface area contributed by atoms with Gasteiger partial charge in [0.1, 0.15) is 6.04 Å². The lowest BCUT2D eigenvalue weighted by molar-refractivity contribution is -0.141. The van der Waals surface area contributed by atoms with Crippen molar-refractivity contribution in [3.05, 3.63) is 125 Å². The van der Waals surface area contributed by atoms with E-state index in [1.165, 1.54) is 12.1 Å². The number of rotatable bonds is 13. The predicted octanol–water partition coefficient (Wildman–Crippen LogP) is 4.73. The molecule has 0 aromatic heterocycles. The molecule has 228 valence electrons. The van der Waals surface area contributed by atoms with Crippen molar-refractivity contribution < 1.29 is 27.5 Å². The zero-order chi connectivity index (χ0) is 30.9. The number of carbonyl (C=O) groups excluding carboxylic acids is 2. The van der Waals surface area contributed by atoms with E-state index < -0.39 is 16.1 Å². The first-order valence-electron chi connectivity index (χ1n) is 14.5. The maximum absolute atomic E-state index is 14.0. The highest BCUT2D eigenvalue weighted by atomic mass is 32.2. The molecule has 0 aliphatic carbocycles. The molecule has 0 fully saturated rings. The van der Waals surface area contributed by atoms with E-state index in [2.05, 4.69) is 10.0 Å². The Kier molecular flexibility index (Phi) is 9.93. The zero-order valence-electron chi connectivity index (χ0n) is 24.4. The van der Waals surface area contributed by atoms with E-state index in [0.717, 1.165) is 16.7 Å². The van der Waals surface area contributed by atoms with Crippen LogP contribution in [0.15, 0.2) is 108 Å². The van der Waals surface area contributed by atoms with Crippen LogP contribution in [0.2, 0.25) is 0 Å². The van der Waals surface area contributed by atoms with Gasteiger partial charge in [-0.15, -0.1) is 0 Å². The molecule has 0 saturated heterocycles. The van der Waals surface area contributed by atoms with Crippen LogP contribution >= 0.6 is 0 Å². The zero-order valence-corrected chi connectivity index (χ0v) is 25.3. The summed E-state index contributed by atoms with van der Waals surface area (Å²) in [5.74, 6) is 0.779. The highest BCUT2D eigenvalue weighted by molar-refractivity contribution is 7.89. The van der Waals surface area contributed by atoms with Crippen molar-refractivity contribution >= 4 is 21.8 Å². The number of sulfonamides is 1. The Bertz CT molecular complexity index is 1680. The molecule has 4 aromatic carbocycles. The van der Waals surface area contributed by atoms with Crippen molar-refractivity contribution in [2.24, 2.45) is 0 Å². The molecule has 4 aromatic rings. The molecule has 0 unspecified atom stereocenters. The molecule has 2 amide bonds.